The zero-order valence-electron chi connectivity index (χ0n) is 15.4. The predicted octanol–water partition coefficient (Wildman–Crippen LogP) is -0.870. The van der Waals surface area contributed by atoms with E-state index in [-0.39, 0.29) is 37.2 Å². The zero-order chi connectivity index (χ0) is 21.6. The van der Waals surface area contributed by atoms with Crippen molar-refractivity contribution in [1.29, 1.82) is 0 Å². The summed E-state index contributed by atoms with van der Waals surface area (Å²) in [6.07, 6.45) is -0.857. The Kier molecular flexibility index (Phi) is 7.53. The van der Waals surface area contributed by atoms with Crippen LogP contribution in [0.4, 0.5) is 5.69 Å². The van der Waals surface area contributed by atoms with Gasteiger partial charge in [-0.1, -0.05) is 6.07 Å². The molecule has 0 bridgehead atoms. The van der Waals surface area contributed by atoms with Crippen molar-refractivity contribution in [3.05, 3.63) is 51.6 Å². The van der Waals surface area contributed by atoms with E-state index in [2.05, 4.69) is 5.32 Å². The van der Waals surface area contributed by atoms with E-state index in [1.165, 1.54) is 18.2 Å². The molecule has 3 amide bonds. The van der Waals surface area contributed by atoms with E-state index in [4.69, 9.17) is 5.11 Å². The number of nitrogens with one attached hydrogen (secondary N) is 1. The second-order valence-corrected chi connectivity index (χ2v) is 6.45. The molecule has 2 atom stereocenters. The van der Waals surface area contributed by atoms with Gasteiger partial charge in [-0.3, -0.25) is 29.4 Å². The van der Waals surface area contributed by atoms with Gasteiger partial charge in [0.05, 0.1) is 35.8 Å². The molecule has 2 rings (SSSR count). The Hall–Kier alpha value is -3.15. The molecule has 1 aliphatic rings. The number of carbonyl (C=O) groups is 3. The van der Waals surface area contributed by atoms with Crippen molar-refractivity contribution >= 4 is 23.4 Å². The zero-order valence-corrected chi connectivity index (χ0v) is 15.4. The summed E-state index contributed by atoms with van der Waals surface area (Å²) in [6.45, 7) is -0.853. The molecule has 11 heteroatoms. The van der Waals surface area contributed by atoms with Crippen LogP contribution in [0.15, 0.2) is 30.4 Å². The first-order valence-electron chi connectivity index (χ1n) is 8.76. The van der Waals surface area contributed by atoms with Gasteiger partial charge in [-0.15, -0.1) is 0 Å². The van der Waals surface area contributed by atoms with Gasteiger partial charge < -0.3 is 20.6 Å². The Morgan fingerprint density at radius 2 is 1.83 bits per heavy atom. The smallest absolute Gasteiger partial charge is 0.275 e. The first-order chi connectivity index (χ1) is 13.7. The number of benzene rings is 1. The summed E-state index contributed by atoms with van der Waals surface area (Å²) in [5, 5.41) is 42.5. The molecule has 0 saturated heterocycles. The highest BCUT2D eigenvalue weighted by atomic mass is 16.6. The summed E-state index contributed by atoms with van der Waals surface area (Å²) in [5.41, 5.74) is 0.368. The molecule has 2 unspecified atom stereocenters. The van der Waals surface area contributed by atoms with Crippen LogP contribution in [-0.4, -0.2) is 61.6 Å². The minimum absolute atomic E-state index is 0.00643. The van der Waals surface area contributed by atoms with Crippen molar-refractivity contribution in [2.45, 2.75) is 38.2 Å². The number of amides is 3. The molecular formula is C18H21N3O8. The first kappa shape index (κ1) is 22.1. The Morgan fingerprint density at radius 3 is 2.41 bits per heavy atom. The number of nitro groups is 1. The first-order valence-corrected chi connectivity index (χ1v) is 8.76. The van der Waals surface area contributed by atoms with Crippen molar-refractivity contribution in [3.63, 3.8) is 0 Å². The third-order valence-electron chi connectivity index (χ3n) is 4.39. The van der Waals surface area contributed by atoms with Gasteiger partial charge in [0.15, 0.2) is 0 Å². The molecular weight excluding hydrogens is 386 g/mol. The van der Waals surface area contributed by atoms with E-state index >= 15 is 0 Å². The number of imide groups is 1. The third kappa shape index (κ3) is 5.91. The van der Waals surface area contributed by atoms with Crippen LogP contribution in [0, 0.1) is 10.1 Å². The van der Waals surface area contributed by atoms with Crippen molar-refractivity contribution in [1.82, 2.24) is 10.2 Å². The summed E-state index contributed by atoms with van der Waals surface area (Å²) in [4.78, 5) is 46.0. The number of aliphatic hydroxyl groups excluding tert-OH is 3. The van der Waals surface area contributed by atoms with Crippen molar-refractivity contribution in [2.24, 2.45) is 0 Å². The molecule has 1 aromatic rings. The molecule has 0 fully saturated rings. The minimum Gasteiger partial charge on any atom is -0.391 e. The monoisotopic (exact) mass is 407 g/mol. The molecule has 0 saturated carbocycles. The fourth-order valence-corrected chi connectivity index (χ4v) is 2.70. The highest BCUT2D eigenvalue weighted by molar-refractivity contribution is 6.12. The lowest BCUT2D eigenvalue weighted by Crippen LogP contribution is -2.42. The SMILES string of the molecule is O=C(CCC(O)C(O)CN1C(=O)C=CC1=O)NCc1ccc(CO)c([N+](=O)[O-])c1. The van der Waals surface area contributed by atoms with Crippen LogP contribution >= 0.6 is 0 Å². The summed E-state index contributed by atoms with van der Waals surface area (Å²) in [7, 11) is 0. The number of β-amino-alcohol motifs (C(OH)–C–C–N with tert-alkyl or cyclic N) is 1. The lowest BCUT2D eigenvalue weighted by Gasteiger charge is -2.22. The van der Waals surface area contributed by atoms with Crippen LogP contribution in [0.3, 0.4) is 0 Å². The van der Waals surface area contributed by atoms with E-state index in [1.54, 1.807) is 0 Å². The molecule has 0 aliphatic carbocycles. The maximum absolute atomic E-state index is 11.9. The number of aliphatic hydroxyl groups is 3. The third-order valence-corrected chi connectivity index (χ3v) is 4.39. The largest absolute Gasteiger partial charge is 0.391 e. The molecule has 0 aromatic heterocycles. The van der Waals surface area contributed by atoms with Gasteiger partial charge in [0, 0.05) is 31.2 Å². The summed E-state index contributed by atoms with van der Waals surface area (Å²) in [5.74, 6) is -1.62. The molecule has 0 radical (unpaired) electrons. The van der Waals surface area contributed by atoms with Crippen LogP contribution in [0.25, 0.3) is 0 Å². The Bertz CT molecular complexity index is 820. The normalized spacial score (nSPS) is 15.5. The maximum Gasteiger partial charge on any atom is 0.275 e. The topological polar surface area (TPSA) is 170 Å². The Balaban J connectivity index is 1.79. The van der Waals surface area contributed by atoms with Gasteiger partial charge in [-0.05, 0) is 18.1 Å². The van der Waals surface area contributed by atoms with E-state index in [9.17, 15) is 34.7 Å². The molecule has 156 valence electrons. The minimum atomic E-state index is -1.40. The van der Waals surface area contributed by atoms with Gasteiger partial charge in [0.1, 0.15) is 0 Å². The molecule has 29 heavy (non-hydrogen) atoms. The molecule has 1 aliphatic heterocycles. The maximum atomic E-state index is 11.9. The lowest BCUT2D eigenvalue weighted by molar-refractivity contribution is -0.385. The second-order valence-electron chi connectivity index (χ2n) is 6.45. The quantitative estimate of drug-likeness (QED) is 0.220. The van der Waals surface area contributed by atoms with Crippen LogP contribution < -0.4 is 5.32 Å². The van der Waals surface area contributed by atoms with E-state index < -0.39 is 41.5 Å². The van der Waals surface area contributed by atoms with Gasteiger partial charge in [-0.25, -0.2) is 0 Å². The lowest BCUT2D eigenvalue weighted by atomic mass is 10.1. The van der Waals surface area contributed by atoms with Gasteiger partial charge in [-0.2, -0.15) is 0 Å². The van der Waals surface area contributed by atoms with Crippen molar-refractivity contribution in [2.75, 3.05) is 6.54 Å². The summed E-state index contributed by atoms with van der Waals surface area (Å²) >= 11 is 0. The number of nitrogens with zero attached hydrogens (tertiary/aromatic N) is 2. The Labute approximate surface area is 165 Å². The predicted molar refractivity (Wildman–Crippen MR) is 98.0 cm³/mol. The van der Waals surface area contributed by atoms with Gasteiger partial charge >= 0.3 is 0 Å². The number of hydrogen-bond acceptors (Lipinski definition) is 8. The fourth-order valence-electron chi connectivity index (χ4n) is 2.70. The van der Waals surface area contributed by atoms with Crippen LogP contribution in [0.2, 0.25) is 0 Å². The molecule has 1 heterocycles. The average molecular weight is 407 g/mol. The van der Waals surface area contributed by atoms with Gasteiger partial charge in [0.2, 0.25) is 5.91 Å². The highest BCUT2D eigenvalue weighted by Crippen LogP contribution is 2.20. The second kappa shape index (κ2) is 9.87. The van der Waals surface area contributed by atoms with E-state index in [0.717, 1.165) is 17.1 Å². The van der Waals surface area contributed by atoms with Crippen molar-refractivity contribution in [3.8, 4) is 0 Å². The Morgan fingerprint density at radius 1 is 1.17 bits per heavy atom. The van der Waals surface area contributed by atoms with Crippen LogP contribution in [0.5, 0.6) is 0 Å². The van der Waals surface area contributed by atoms with Crippen LogP contribution in [0.1, 0.15) is 24.0 Å². The highest BCUT2D eigenvalue weighted by Gasteiger charge is 2.28. The molecule has 0 spiro atoms. The summed E-state index contributed by atoms with van der Waals surface area (Å²) < 4.78 is 0. The van der Waals surface area contributed by atoms with E-state index in [0.29, 0.717) is 5.56 Å². The fraction of sp³-hybridized carbons (Fsp3) is 0.389. The molecule has 1 aromatic carbocycles. The van der Waals surface area contributed by atoms with E-state index in [1.807, 2.05) is 0 Å². The average Bonchev–Trinajstić information content (AvgIpc) is 3.01. The van der Waals surface area contributed by atoms with Crippen molar-refractivity contribution < 1.29 is 34.6 Å². The number of carbonyl (C=O) groups excluding carboxylic acids is 3. The van der Waals surface area contributed by atoms with Gasteiger partial charge in [0.25, 0.3) is 17.5 Å². The number of nitro benzene ring substituents is 1. The standard InChI is InChI=1S/C18H21N3O8/c22-10-12-2-1-11(7-13(12)21(28)29)8-19-16(25)4-3-14(23)15(24)9-20-17(26)5-6-18(20)27/h1-2,5-7,14-15,22-24H,3-4,8-10H2,(H,19,25). The number of hydrogen-bond donors (Lipinski definition) is 4. The van der Waals surface area contributed by atoms with Crippen LogP contribution in [-0.2, 0) is 27.5 Å². The summed E-state index contributed by atoms with van der Waals surface area (Å²) in [6, 6.07) is 4.19. The molecule has 4 N–H and O–H groups in total. The molecule has 11 nitrogen and oxygen atoms in total. The number of rotatable bonds is 10.